The van der Waals surface area contributed by atoms with Crippen molar-refractivity contribution in [2.45, 2.75) is 13.0 Å². The number of hydrogen-bond acceptors (Lipinski definition) is 2. The van der Waals surface area contributed by atoms with Crippen LogP contribution in [0, 0.1) is 0 Å². The van der Waals surface area contributed by atoms with Crippen LogP contribution in [0.4, 0.5) is 0 Å². The Kier molecular flexibility index (Phi) is 2.95. The molecular weight excluding hydrogens is 174 g/mol. The van der Waals surface area contributed by atoms with Crippen LogP contribution in [0.5, 0.6) is 5.75 Å². The molecule has 0 aliphatic carbocycles. The minimum absolute atomic E-state index is 0.0624. The van der Waals surface area contributed by atoms with Gasteiger partial charge in [-0.2, -0.15) is 0 Å². The Bertz CT molecular complexity index is 273. The van der Waals surface area contributed by atoms with Gasteiger partial charge >= 0.3 is 0 Å². The zero-order valence-corrected chi connectivity index (χ0v) is 7.93. The van der Waals surface area contributed by atoms with E-state index in [1.54, 1.807) is 13.2 Å². The maximum Gasteiger partial charge on any atom is 0.119 e. The van der Waals surface area contributed by atoms with Gasteiger partial charge in [-0.05, 0) is 30.7 Å². The molecule has 1 aromatic rings. The maximum absolute atomic E-state index is 5.91. The summed E-state index contributed by atoms with van der Waals surface area (Å²) in [6, 6.07) is 5.40. The summed E-state index contributed by atoms with van der Waals surface area (Å²) >= 11 is 5.91. The molecule has 0 aliphatic rings. The van der Waals surface area contributed by atoms with Crippen molar-refractivity contribution < 1.29 is 4.74 Å². The van der Waals surface area contributed by atoms with E-state index in [4.69, 9.17) is 22.1 Å². The number of rotatable bonds is 2. The highest BCUT2D eigenvalue weighted by Crippen LogP contribution is 2.25. The average molecular weight is 186 g/mol. The summed E-state index contributed by atoms with van der Waals surface area (Å²) in [4.78, 5) is 0. The van der Waals surface area contributed by atoms with E-state index in [0.29, 0.717) is 5.02 Å². The van der Waals surface area contributed by atoms with Crippen LogP contribution < -0.4 is 10.5 Å². The van der Waals surface area contributed by atoms with Crippen molar-refractivity contribution in [3.63, 3.8) is 0 Å². The molecule has 0 saturated carbocycles. The molecule has 0 radical (unpaired) electrons. The lowest BCUT2D eigenvalue weighted by atomic mass is 10.1. The lowest BCUT2D eigenvalue weighted by Crippen LogP contribution is -2.05. The number of ether oxygens (including phenoxy) is 1. The summed E-state index contributed by atoms with van der Waals surface area (Å²) in [5, 5.41) is 0.686. The Balaban J connectivity index is 3.08. The number of halogens is 1. The molecule has 0 aromatic heterocycles. The number of methoxy groups -OCH3 is 1. The molecule has 0 aliphatic heterocycles. The largest absolute Gasteiger partial charge is 0.497 e. The molecule has 66 valence electrons. The number of hydrogen-bond donors (Lipinski definition) is 1. The first-order valence-corrected chi connectivity index (χ1v) is 4.12. The molecule has 1 aromatic carbocycles. The number of nitrogens with two attached hydrogens (primary N) is 1. The zero-order valence-electron chi connectivity index (χ0n) is 7.17. The van der Waals surface area contributed by atoms with Crippen LogP contribution in [0.2, 0.25) is 5.02 Å². The average Bonchev–Trinajstić information content (AvgIpc) is 2.05. The Labute approximate surface area is 77.3 Å². The van der Waals surface area contributed by atoms with Gasteiger partial charge < -0.3 is 10.5 Å². The van der Waals surface area contributed by atoms with Crippen LogP contribution in [0.3, 0.4) is 0 Å². The fourth-order valence-corrected chi connectivity index (χ4v) is 1.29. The molecule has 2 nitrogen and oxygen atoms in total. The van der Waals surface area contributed by atoms with E-state index in [2.05, 4.69) is 0 Å². The Morgan fingerprint density at radius 3 is 2.67 bits per heavy atom. The first kappa shape index (κ1) is 9.36. The SMILES string of the molecule is COc1ccc(Cl)c([C@H](C)N)c1. The van der Waals surface area contributed by atoms with Crippen LogP contribution in [0.1, 0.15) is 18.5 Å². The Hall–Kier alpha value is -0.730. The third-order valence-electron chi connectivity index (χ3n) is 1.69. The molecule has 0 spiro atoms. The van der Waals surface area contributed by atoms with Gasteiger partial charge in [-0.25, -0.2) is 0 Å². The normalized spacial score (nSPS) is 12.7. The van der Waals surface area contributed by atoms with Gasteiger partial charge in [0.25, 0.3) is 0 Å². The summed E-state index contributed by atoms with van der Waals surface area (Å²) in [6.07, 6.45) is 0. The van der Waals surface area contributed by atoms with Crippen LogP contribution in [0.25, 0.3) is 0 Å². The maximum atomic E-state index is 5.91. The van der Waals surface area contributed by atoms with E-state index < -0.39 is 0 Å². The first-order valence-electron chi connectivity index (χ1n) is 3.74. The Morgan fingerprint density at radius 1 is 1.50 bits per heavy atom. The van der Waals surface area contributed by atoms with Crippen LogP contribution in [-0.4, -0.2) is 7.11 Å². The van der Waals surface area contributed by atoms with Crippen molar-refractivity contribution in [1.82, 2.24) is 0 Å². The minimum atomic E-state index is -0.0624. The van der Waals surface area contributed by atoms with Crippen LogP contribution >= 0.6 is 11.6 Å². The highest BCUT2D eigenvalue weighted by molar-refractivity contribution is 6.31. The van der Waals surface area contributed by atoms with Gasteiger partial charge in [-0.15, -0.1) is 0 Å². The molecule has 2 N–H and O–H groups in total. The van der Waals surface area contributed by atoms with E-state index in [1.165, 1.54) is 0 Å². The first-order chi connectivity index (χ1) is 5.65. The summed E-state index contributed by atoms with van der Waals surface area (Å²) in [6.45, 7) is 1.89. The van der Waals surface area contributed by atoms with E-state index in [9.17, 15) is 0 Å². The standard InChI is InChI=1S/C9H12ClNO/c1-6(11)8-5-7(12-2)3-4-9(8)10/h3-6H,11H2,1-2H3/t6-/m0/s1. The monoisotopic (exact) mass is 185 g/mol. The topological polar surface area (TPSA) is 35.2 Å². The van der Waals surface area contributed by atoms with Crippen molar-refractivity contribution in [2.75, 3.05) is 7.11 Å². The third kappa shape index (κ3) is 1.90. The molecule has 12 heavy (non-hydrogen) atoms. The molecule has 0 unspecified atom stereocenters. The van der Waals surface area contributed by atoms with Crippen LogP contribution in [0.15, 0.2) is 18.2 Å². The Morgan fingerprint density at radius 2 is 2.17 bits per heavy atom. The van der Waals surface area contributed by atoms with Crippen LogP contribution in [-0.2, 0) is 0 Å². The molecule has 1 rings (SSSR count). The van der Waals surface area contributed by atoms with Crippen molar-refractivity contribution in [3.8, 4) is 5.75 Å². The molecule has 0 saturated heterocycles. The summed E-state index contributed by atoms with van der Waals surface area (Å²) < 4.78 is 5.05. The molecular formula is C9H12ClNO. The van der Waals surface area contributed by atoms with Gasteiger partial charge in [0, 0.05) is 11.1 Å². The van der Waals surface area contributed by atoms with E-state index >= 15 is 0 Å². The van der Waals surface area contributed by atoms with Gasteiger partial charge in [0.15, 0.2) is 0 Å². The molecule has 1 atom stereocenters. The number of benzene rings is 1. The molecule has 0 bridgehead atoms. The fraction of sp³-hybridized carbons (Fsp3) is 0.333. The van der Waals surface area contributed by atoms with Gasteiger partial charge in [0.2, 0.25) is 0 Å². The predicted octanol–water partition coefficient (Wildman–Crippen LogP) is 2.37. The second-order valence-corrected chi connectivity index (χ2v) is 3.08. The lowest BCUT2D eigenvalue weighted by molar-refractivity contribution is 0.414. The van der Waals surface area contributed by atoms with Gasteiger partial charge in [0.1, 0.15) is 5.75 Å². The highest BCUT2D eigenvalue weighted by atomic mass is 35.5. The minimum Gasteiger partial charge on any atom is -0.497 e. The highest BCUT2D eigenvalue weighted by Gasteiger charge is 2.05. The van der Waals surface area contributed by atoms with Crippen molar-refractivity contribution in [3.05, 3.63) is 28.8 Å². The van der Waals surface area contributed by atoms with Gasteiger partial charge in [-0.1, -0.05) is 11.6 Å². The smallest absolute Gasteiger partial charge is 0.119 e. The second-order valence-electron chi connectivity index (χ2n) is 2.68. The summed E-state index contributed by atoms with van der Waals surface area (Å²) in [5.74, 6) is 0.784. The van der Waals surface area contributed by atoms with E-state index in [0.717, 1.165) is 11.3 Å². The predicted molar refractivity (Wildman–Crippen MR) is 50.6 cm³/mol. The molecule has 0 amide bonds. The molecule has 0 fully saturated rings. The van der Waals surface area contributed by atoms with E-state index in [-0.39, 0.29) is 6.04 Å². The van der Waals surface area contributed by atoms with Crippen molar-refractivity contribution in [1.29, 1.82) is 0 Å². The zero-order chi connectivity index (χ0) is 9.14. The van der Waals surface area contributed by atoms with Gasteiger partial charge in [-0.3, -0.25) is 0 Å². The van der Waals surface area contributed by atoms with Crippen molar-refractivity contribution in [2.24, 2.45) is 5.73 Å². The third-order valence-corrected chi connectivity index (χ3v) is 2.04. The lowest BCUT2D eigenvalue weighted by Gasteiger charge is -2.09. The summed E-state index contributed by atoms with van der Waals surface area (Å²) in [7, 11) is 1.62. The second kappa shape index (κ2) is 3.78. The molecule has 3 heteroatoms. The van der Waals surface area contributed by atoms with Gasteiger partial charge in [0.05, 0.1) is 7.11 Å². The van der Waals surface area contributed by atoms with Crippen molar-refractivity contribution >= 4 is 11.6 Å². The van der Waals surface area contributed by atoms with E-state index in [1.807, 2.05) is 19.1 Å². The molecule has 0 heterocycles. The summed E-state index contributed by atoms with van der Waals surface area (Å²) in [5.41, 5.74) is 6.61. The fourth-order valence-electron chi connectivity index (χ4n) is 0.998. The quantitative estimate of drug-likeness (QED) is 0.768.